The molecule has 0 bridgehead atoms. The van der Waals surface area contributed by atoms with E-state index in [1.54, 1.807) is 0 Å². The first-order chi connectivity index (χ1) is 4.83. The van der Waals surface area contributed by atoms with Gasteiger partial charge in [-0.3, -0.25) is 0 Å². The van der Waals surface area contributed by atoms with Gasteiger partial charge in [0.05, 0.1) is 0 Å². The molecule has 0 saturated heterocycles. The summed E-state index contributed by atoms with van der Waals surface area (Å²) in [5.74, 6) is 0. The molecule has 1 atom stereocenters. The zero-order valence-electron chi connectivity index (χ0n) is 6.34. The van der Waals surface area contributed by atoms with Crippen molar-refractivity contribution in [3.63, 3.8) is 0 Å². The zero-order chi connectivity index (χ0) is 7.40. The van der Waals surface area contributed by atoms with Gasteiger partial charge in [-0.2, -0.15) is 0 Å². The van der Waals surface area contributed by atoms with Crippen LogP contribution in [-0.2, 0) is 0 Å². The van der Waals surface area contributed by atoms with Crippen LogP contribution in [0.25, 0.3) is 0 Å². The molecule has 1 nitrogen and oxygen atoms in total. The topological polar surface area (TPSA) is 26.0 Å². The number of hydrogen-bond acceptors (Lipinski definition) is 1. The first-order valence-corrected chi connectivity index (χ1v) is 3.87. The Morgan fingerprint density at radius 2 is 2.60 bits per heavy atom. The lowest BCUT2D eigenvalue weighted by Crippen LogP contribution is -2.21. The maximum atomic E-state index is 5.72. The van der Waals surface area contributed by atoms with Crippen LogP contribution in [0.4, 0.5) is 0 Å². The predicted molar refractivity (Wildman–Crippen MR) is 44.7 cm³/mol. The first-order valence-electron chi connectivity index (χ1n) is 3.87. The summed E-state index contributed by atoms with van der Waals surface area (Å²) in [6, 6.07) is 0.411. The van der Waals surface area contributed by atoms with Crippen molar-refractivity contribution in [3.8, 4) is 0 Å². The molecule has 0 spiro atoms. The van der Waals surface area contributed by atoms with Gasteiger partial charge in [-0.05, 0) is 25.7 Å². The Hall–Kier alpha value is -0.560. The largest absolute Gasteiger partial charge is 0.327 e. The lowest BCUT2D eigenvalue weighted by atomic mass is 9.94. The van der Waals surface area contributed by atoms with Crippen LogP contribution in [0.1, 0.15) is 25.7 Å². The number of nitrogens with two attached hydrogens (primary N) is 1. The van der Waals surface area contributed by atoms with E-state index in [4.69, 9.17) is 5.73 Å². The standard InChI is InChI=1S/C9H15N/c1-2-3-8-4-6-9(10)7-5-8/h2,4,9H,1,3,5-7,10H2. The van der Waals surface area contributed by atoms with Gasteiger partial charge >= 0.3 is 0 Å². The van der Waals surface area contributed by atoms with Gasteiger partial charge < -0.3 is 5.73 Å². The second kappa shape index (κ2) is 3.57. The summed E-state index contributed by atoms with van der Waals surface area (Å²) in [4.78, 5) is 0. The molecule has 1 rings (SSSR count). The lowest BCUT2D eigenvalue weighted by Gasteiger charge is -2.16. The number of rotatable bonds is 2. The highest BCUT2D eigenvalue weighted by Crippen LogP contribution is 2.19. The molecule has 56 valence electrons. The van der Waals surface area contributed by atoms with Crippen LogP contribution in [0.3, 0.4) is 0 Å². The minimum absolute atomic E-state index is 0.411. The van der Waals surface area contributed by atoms with Gasteiger partial charge in [0, 0.05) is 6.04 Å². The van der Waals surface area contributed by atoms with Crippen molar-refractivity contribution >= 4 is 0 Å². The van der Waals surface area contributed by atoms with Crippen LogP contribution in [-0.4, -0.2) is 6.04 Å². The molecule has 0 fully saturated rings. The highest BCUT2D eigenvalue weighted by atomic mass is 14.6. The number of hydrogen-bond donors (Lipinski definition) is 1. The normalized spacial score (nSPS) is 25.7. The molecule has 1 heteroatoms. The summed E-state index contributed by atoms with van der Waals surface area (Å²) in [7, 11) is 0. The Balaban J connectivity index is 2.40. The van der Waals surface area contributed by atoms with Crippen LogP contribution < -0.4 is 5.73 Å². The molecular weight excluding hydrogens is 122 g/mol. The Labute approximate surface area is 62.6 Å². The average Bonchev–Trinajstić information content (AvgIpc) is 1.95. The van der Waals surface area contributed by atoms with E-state index in [2.05, 4.69) is 12.7 Å². The molecule has 0 radical (unpaired) electrons. The molecule has 0 aliphatic heterocycles. The highest BCUT2D eigenvalue weighted by Gasteiger charge is 2.08. The quantitative estimate of drug-likeness (QED) is 0.579. The van der Waals surface area contributed by atoms with E-state index in [-0.39, 0.29) is 0 Å². The molecule has 0 amide bonds. The minimum atomic E-state index is 0.411. The van der Waals surface area contributed by atoms with Gasteiger partial charge in [0.15, 0.2) is 0 Å². The van der Waals surface area contributed by atoms with E-state index >= 15 is 0 Å². The molecule has 1 aliphatic rings. The zero-order valence-corrected chi connectivity index (χ0v) is 6.34. The Morgan fingerprint density at radius 1 is 1.80 bits per heavy atom. The van der Waals surface area contributed by atoms with Gasteiger partial charge in [-0.1, -0.05) is 17.7 Å². The Bertz CT molecular complexity index is 147. The molecule has 0 aromatic carbocycles. The Morgan fingerprint density at radius 3 is 3.10 bits per heavy atom. The molecule has 0 saturated carbocycles. The highest BCUT2D eigenvalue weighted by molar-refractivity contribution is 5.10. The van der Waals surface area contributed by atoms with Crippen molar-refractivity contribution in [2.24, 2.45) is 5.73 Å². The molecule has 0 heterocycles. The predicted octanol–water partition coefficient (Wildman–Crippen LogP) is 2.00. The van der Waals surface area contributed by atoms with E-state index in [0.717, 1.165) is 19.3 Å². The maximum absolute atomic E-state index is 5.72. The van der Waals surface area contributed by atoms with Crippen molar-refractivity contribution < 1.29 is 0 Å². The van der Waals surface area contributed by atoms with Crippen LogP contribution in [0.5, 0.6) is 0 Å². The lowest BCUT2D eigenvalue weighted by molar-refractivity contribution is 0.585. The fraction of sp³-hybridized carbons (Fsp3) is 0.556. The number of allylic oxidation sites excluding steroid dienone is 2. The third-order valence-corrected chi connectivity index (χ3v) is 1.95. The second-order valence-corrected chi connectivity index (χ2v) is 2.89. The summed E-state index contributed by atoms with van der Waals surface area (Å²) in [6.07, 6.45) is 8.65. The molecule has 0 aromatic rings. The van der Waals surface area contributed by atoms with Crippen molar-refractivity contribution in [1.29, 1.82) is 0 Å². The fourth-order valence-electron chi connectivity index (χ4n) is 1.28. The van der Waals surface area contributed by atoms with E-state index in [1.807, 2.05) is 6.08 Å². The summed E-state index contributed by atoms with van der Waals surface area (Å²) >= 11 is 0. The SMILES string of the molecule is C=CCC1=CCC(N)CC1. The van der Waals surface area contributed by atoms with Crippen molar-refractivity contribution in [1.82, 2.24) is 0 Å². The third kappa shape index (κ3) is 1.99. The average molecular weight is 137 g/mol. The maximum Gasteiger partial charge on any atom is 0.00765 e. The van der Waals surface area contributed by atoms with Crippen LogP contribution in [0, 0.1) is 0 Å². The fourth-order valence-corrected chi connectivity index (χ4v) is 1.28. The molecule has 2 N–H and O–H groups in total. The van der Waals surface area contributed by atoms with E-state index in [0.29, 0.717) is 6.04 Å². The second-order valence-electron chi connectivity index (χ2n) is 2.89. The Kier molecular flexibility index (Phi) is 2.69. The van der Waals surface area contributed by atoms with Crippen LogP contribution in [0.15, 0.2) is 24.3 Å². The molecule has 10 heavy (non-hydrogen) atoms. The van der Waals surface area contributed by atoms with E-state index in [1.165, 1.54) is 12.0 Å². The summed E-state index contributed by atoms with van der Waals surface area (Å²) < 4.78 is 0. The molecule has 0 aromatic heterocycles. The minimum Gasteiger partial charge on any atom is -0.327 e. The van der Waals surface area contributed by atoms with Crippen LogP contribution in [0.2, 0.25) is 0 Å². The van der Waals surface area contributed by atoms with E-state index < -0.39 is 0 Å². The van der Waals surface area contributed by atoms with Gasteiger partial charge in [0.25, 0.3) is 0 Å². The van der Waals surface area contributed by atoms with Crippen molar-refractivity contribution in [3.05, 3.63) is 24.3 Å². The van der Waals surface area contributed by atoms with Gasteiger partial charge in [0.1, 0.15) is 0 Å². The van der Waals surface area contributed by atoms with Crippen LogP contribution >= 0.6 is 0 Å². The smallest absolute Gasteiger partial charge is 0.00765 e. The molecular formula is C9H15N. The van der Waals surface area contributed by atoms with Crippen molar-refractivity contribution in [2.75, 3.05) is 0 Å². The first kappa shape index (κ1) is 7.55. The van der Waals surface area contributed by atoms with E-state index in [9.17, 15) is 0 Å². The summed E-state index contributed by atoms with van der Waals surface area (Å²) in [5, 5.41) is 0. The molecule has 1 unspecified atom stereocenters. The molecule has 1 aliphatic carbocycles. The third-order valence-electron chi connectivity index (χ3n) is 1.95. The monoisotopic (exact) mass is 137 g/mol. The van der Waals surface area contributed by atoms with Crippen molar-refractivity contribution in [2.45, 2.75) is 31.7 Å². The summed E-state index contributed by atoms with van der Waals surface area (Å²) in [5.41, 5.74) is 7.23. The van der Waals surface area contributed by atoms with Gasteiger partial charge in [0.2, 0.25) is 0 Å². The summed E-state index contributed by atoms with van der Waals surface area (Å²) in [6.45, 7) is 3.70. The van der Waals surface area contributed by atoms with Gasteiger partial charge in [-0.15, -0.1) is 6.58 Å². The van der Waals surface area contributed by atoms with Gasteiger partial charge in [-0.25, -0.2) is 0 Å².